The molecular formula is C24H32FN6O14P3. The third-order valence-corrected chi connectivity index (χ3v) is 10.0. The van der Waals surface area contributed by atoms with Gasteiger partial charge in [0.05, 0.1) is 115 Å². The normalized spacial score (nSPS) is 22.7. The first-order valence-corrected chi connectivity index (χ1v) is 18.2. The van der Waals surface area contributed by atoms with Crippen LogP contribution in [0, 0.1) is 68.0 Å². The predicted molar refractivity (Wildman–Crippen MR) is 151 cm³/mol. The molecule has 1 aliphatic rings. The maximum absolute atomic E-state index is 15.9. The summed E-state index contributed by atoms with van der Waals surface area (Å²) < 4.78 is 102. The first kappa shape index (κ1) is 43.1. The topological polar surface area (TPSA) is 317 Å². The number of nitriles is 6. The number of hydrogen-bond donors (Lipinski definition) is 2. The van der Waals surface area contributed by atoms with E-state index in [0.717, 1.165) is 0 Å². The highest BCUT2D eigenvalue weighted by molar-refractivity contribution is 7.49. The second-order valence-electron chi connectivity index (χ2n) is 8.93. The lowest BCUT2D eigenvalue weighted by Gasteiger charge is -2.45. The summed E-state index contributed by atoms with van der Waals surface area (Å²) in [5.74, 6) is 0. The third-order valence-electron chi connectivity index (χ3n) is 5.51. The summed E-state index contributed by atoms with van der Waals surface area (Å²) in [6.45, 7) is -3.59. The van der Waals surface area contributed by atoms with Crippen LogP contribution in [-0.2, 0) is 54.4 Å². The fourth-order valence-corrected chi connectivity index (χ4v) is 7.57. The van der Waals surface area contributed by atoms with Crippen molar-refractivity contribution in [1.29, 1.82) is 31.6 Å². The van der Waals surface area contributed by atoms with Crippen molar-refractivity contribution in [3.05, 3.63) is 0 Å². The minimum atomic E-state index is -5.00. The molecular weight excluding hydrogens is 708 g/mol. The van der Waals surface area contributed by atoms with Gasteiger partial charge < -0.3 is 10.2 Å². The lowest BCUT2D eigenvalue weighted by molar-refractivity contribution is -0.199. The minimum absolute atomic E-state index is 0.359. The number of hydrogen-bond acceptors (Lipinski definition) is 20. The first-order valence-electron chi connectivity index (χ1n) is 13.8. The number of alkyl halides is 1. The molecule has 0 aromatic rings. The van der Waals surface area contributed by atoms with Crippen molar-refractivity contribution in [3.8, 4) is 36.4 Å². The Morgan fingerprint density at radius 1 is 0.458 bits per heavy atom. The number of phosphoric acid groups is 3. The maximum Gasteiger partial charge on any atom is 0.475 e. The number of nitrogens with zero attached hydrogens (tertiary/aromatic N) is 6. The number of halogens is 1. The zero-order valence-electron chi connectivity index (χ0n) is 25.1. The Kier molecular flexibility index (Phi) is 20.4. The first-order chi connectivity index (χ1) is 22.9. The molecule has 0 heterocycles. The van der Waals surface area contributed by atoms with E-state index in [-0.39, 0.29) is 38.5 Å². The van der Waals surface area contributed by atoms with Gasteiger partial charge in [0, 0.05) is 0 Å². The van der Waals surface area contributed by atoms with Crippen LogP contribution >= 0.6 is 23.5 Å². The van der Waals surface area contributed by atoms with E-state index in [1.807, 2.05) is 0 Å². The lowest BCUT2D eigenvalue weighted by atomic mass is 9.86. The Hall–Kier alpha value is -2.88. The molecule has 2 N–H and O–H groups in total. The Bertz CT molecular complexity index is 1350. The van der Waals surface area contributed by atoms with Gasteiger partial charge in [0.2, 0.25) is 0 Å². The molecule has 1 aliphatic carbocycles. The van der Waals surface area contributed by atoms with E-state index in [1.165, 1.54) is 0 Å². The van der Waals surface area contributed by atoms with Crippen molar-refractivity contribution in [3.63, 3.8) is 0 Å². The third kappa shape index (κ3) is 14.7. The van der Waals surface area contributed by atoms with E-state index in [0.29, 0.717) is 0 Å². The fraction of sp³-hybridized carbons (Fsp3) is 0.750. The largest absolute Gasteiger partial charge is 0.475 e. The quantitative estimate of drug-likeness (QED) is 0.106. The van der Waals surface area contributed by atoms with E-state index >= 15 is 4.39 Å². The van der Waals surface area contributed by atoms with Crippen molar-refractivity contribution >= 4 is 23.5 Å². The monoisotopic (exact) mass is 740 g/mol. The van der Waals surface area contributed by atoms with Gasteiger partial charge in [-0.15, -0.1) is 0 Å². The van der Waals surface area contributed by atoms with Crippen LogP contribution in [0.1, 0.15) is 38.5 Å². The summed E-state index contributed by atoms with van der Waals surface area (Å²) in [5.41, 5.74) is 0. The summed E-state index contributed by atoms with van der Waals surface area (Å²) in [6, 6.07) is 10.1. The molecule has 264 valence electrons. The maximum atomic E-state index is 15.9. The van der Waals surface area contributed by atoms with Gasteiger partial charge in [-0.1, -0.05) is 0 Å². The van der Waals surface area contributed by atoms with Crippen molar-refractivity contribution in [2.75, 3.05) is 39.6 Å². The summed E-state index contributed by atoms with van der Waals surface area (Å²) in [6.07, 6.45) is -17.3. The minimum Gasteiger partial charge on any atom is -0.387 e. The second-order valence-corrected chi connectivity index (χ2v) is 13.8. The van der Waals surface area contributed by atoms with Crippen LogP contribution in [0.3, 0.4) is 0 Å². The van der Waals surface area contributed by atoms with Gasteiger partial charge >= 0.3 is 23.5 Å². The molecule has 20 nitrogen and oxygen atoms in total. The second kappa shape index (κ2) is 22.7. The van der Waals surface area contributed by atoms with Crippen LogP contribution in [0.25, 0.3) is 0 Å². The zero-order chi connectivity index (χ0) is 36.1. The Morgan fingerprint density at radius 2 is 0.688 bits per heavy atom. The molecule has 1 rings (SSSR count). The molecule has 0 radical (unpaired) electrons. The van der Waals surface area contributed by atoms with E-state index < -0.39 is 99.8 Å². The molecule has 0 unspecified atom stereocenters. The van der Waals surface area contributed by atoms with Gasteiger partial charge in [-0.25, -0.2) is 18.1 Å². The Labute approximate surface area is 275 Å². The standard InChI is InChI=1S/C24H32FN6O14P3/c25-19-20(32)23(44-47(35,39-15-3-9-28)40-16-4-10-29)24(45-48(36,41-17-5-11-30)42-18-6-12-31)21(33)22(19)43-46(34,37-13-1-7-26)38-14-2-8-27/h19-24,32-33H,1-6,13-18H2/t19-,20-,21-,22+,23+,24+/m0/s1. The van der Waals surface area contributed by atoms with Gasteiger partial charge in [0.1, 0.15) is 30.5 Å². The summed E-state index contributed by atoms with van der Waals surface area (Å²) in [5, 5.41) is 75.4. The van der Waals surface area contributed by atoms with Crippen LogP contribution < -0.4 is 0 Å². The molecule has 0 bridgehead atoms. The van der Waals surface area contributed by atoms with Crippen LogP contribution in [-0.4, -0.2) is 86.5 Å². The van der Waals surface area contributed by atoms with Gasteiger partial charge in [0.15, 0.2) is 6.17 Å². The van der Waals surface area contributed by atoms with E-state index in [4.69, 9.17) is 72.3 Å². The number of aliphatic hydroxyl groups excluding tert-OH is 2. The predicted octanol–water partition coefficient (Wildman–Crippen LogP) is 3.12. The highest BCUT2D eigenvalue weighted by Crippen LogP contribution is 2.58. The van der Waals surface area contributed by atoms with Crippen molar-refractivity contribution in [2.24, 2.45) is 0 Å². The van der Waals surface area contributed by atoms with Crippen molar-refractivity contribution < 1.29 is 69.0 Å². The van der Waals surface area contributed by atoms with E-state index in [2.05, 4.69) is 0 Å². The van der Waals surface area contributed by atoms with E-state index in [1.54, 1.807) is 36.4 Å². The smallest absolute Gasteiger partial charge is 0.387 e. The number of phosphoric ester groups is 3. The molecule has 0 saturated heterocycles. The molecule has 1 fully saturated rings. The van der Waals surface area contributed by atoms with Crippen LogP contribution in [0.15, 0.2) is 0 Å². The molecule has 48 heavy (non-hydrogen) atoms. The average Bonchev–Trinajstić information content (AvgIpc) is 3.05. The summed E-state index contributed by atoms with van der Waals surface area (Å²) in [7, 11) is -14.9. The lowest BCUT2D eigenvalue weighted by Crippen LogP contribution is -2.64. The van der Waals surface area contributed by atoms with Crippen LogP contribution in [0.2, 0.25) is 0 Å². The van der Waals surface area contributed by atoms with Gasteiger partial charge in [-0.2, -0.15) is 31.6 Å². The average molecular weight is 740 g/mol. The summed E-state index contributed by atoms with van der Waals surface area (Å²) >= 11 is 0. The van der Waals surface area contributed by atoms with Gasteiger partial charge in [-0.05, 0) is 0 Å². The molecule has 24 heteroatoms. The van der Waals surface area contributed by atoms with E-state index in [9.17, 15) is 23.9 Å². The molecule has 0 aliphatic heterocycles. The number of rotatable bonds is 24. The molecule has 0 spiro atoms. The summed E-state index contributed by atoms with van der Waals surface area (Å²) in [4.78, 5) is 0. The van der Waals surface area contributed by atoms with Crippen molar-refractivity contribution in [2.45, 2.75) is 75.2 Å². The Balaban J connectivity index is 3.66. The van der Waals surface area contributed by atoms with Crippen molar-refractivity contribution in [1.82, 2.24) is 0 Å². The van der Waals surface area contributed by atoms with Crippen LogP contribution in [0.4, 0.5) is 4.39 Å². The fourth-order valence-electron chi connectivity index (χ4n) is 3.46. The van der Waals surface area contributed by atoms with Gasteiger partial charge in [0.25, 0.3) is 0 Å². The molecule has 0 aromatic heterocycles. The Morgan fingerprint density at radius 3 is 0.938 bits per heavy atom. The number of aliphatic hydroxyl groups is 2. The molecule has 0 amide bonds. The van der Waals surface area contributed by atoms with Crippen LogP contribution in [0.5, 0.6) is 0 Å². The highest BCUT2D eigenvalue weighted by Gasteiger charge is 2.58. The molecule has 1 saturated carbocycles. The molecule has 6 atom stereocenters. The highest BCUT2D eigenvalue weighted by atomic mass is 31.2. The zero-order valence-corrected chi connectivity index (χ0v) is 27.8. The van der Waals surface area contributed by atoms with Gasteiger partial charge in [-0.3, -0.25) is 40.7 Å². The molecule has 0 aromatic carbocycles. The SMILES string of the molecule is N#CCCOP(=O)(OCCC#N)O[C@@H]1[C@@H](O)[C@H](OP(=O)(OCCC#N)OCCC#N)[C@@H](F)[C@H](O)[C@H]1OP(=O)(OCCC#N)OCCC#N.